The summed E-state index contributed by atoms with van der Waals surface area (Å²) in [5.74, 6) is -0.483. The van der Waals surface area contributed by atoms with Gasteiger partial charge in [-0.15, -0.1) is 0 Å². The molecule has 0 saturated heterocycles. The zero-order valence-electron chi connectivity index (χ0n) is 8.01. The van der Waals surface area contributed by atoms with E-state index in [1.807, 2.05) is 0 Å². The molecular formula is C10H9NO4. The summed E-state index contributed by atoms with van der Waals surface area (Å²) in [5, 5.41) is 19.2. The minimum atomic E-state index is -0.540. The molecule has 0 aliphatic heterocycles. The summed E-state index contributed by atoms with van der Waals surface area (Å²) in [6, 6.07) is 5.18. The second kappa shape index (κ2) is 4.36. The topological polar surface area (TPSA) is 80.4 Å². The van der Waals surface area contributed by atoms with Crippen LogP contribution in [0.5, 0.6) is 0 Å². The average molecular weight is 207 g/mol. The van der Waals surface area contributed by atoms with Crippen LogP contribution in [0.4, 0.5) is 5.69 Å². The summed E-state index contributed by atoms with van der Waals surface area (Å²) in [6.45, 7) is 1.38. The fraction of sp³-hybridized carbons (Fsp3) is 0.100. The number of rotatable bonds is 3. The summed E-state index contributed by atoms with van der Waals surface area (Å²) in [7, 11) is 0. The highest BCUT2D eigenvalue weighted by Gasteiger charge is 2.07. The Balaban J connectivity index is 2.94. The van der Waals surface area contributed by atoms with Gasteiger partial charge in [0.25, 0.3) is 5.69 Å². The van der Waals surface area contributed by atoms with Crippen molar-refractivity contribution in [1.29, 1.82) is 0 Å². The van der Waals surface area contributed by atoms with Crippen LogP contribution in [0.2, 0.25) is 0 Å². The van der Waals surface area contributed by atoms with Gasteiger partial charge in [0.05, 0.1) is 10.7 Å². The molecule has 1 rings (SSSR count). The van der Waals surface area contributed by atoms with Crippen molar-refractivity contribution in [3.05, 3.63) is 51.8 Å². The number of carbonyl (C=O) groups is 1. The van der Waals surface area contributed by atoms with Gasteiger partial charge in [0.2, 0.25) is 0 Å². The summed E-state index contributed by atoms with van der Waals surface area (Å²) < 4.78 is 0. The Hall–Kier alpha value is -2.17. The molecule has 0 radical (unpaired) electrons. The van der Waals surface area contributed by atoms with Gasteiger partial charge >= 0.3 is 0 Å². The molecule has 0 heterocycles. The van der Waals surface area contributed by atoms with Crippen LogP contribution in [0.15, 0.2) is 36.1 Å². The predicted octanol–water partition coefficient (Wildman–Crippen LogP) is 2.24. The van der Waals surface area contributed by atoms with Gasteiger partial charge < -0.3 is 5.11 Å². The molecule has 0 spiro atoms. The minimum absolute atomic E-state index is 0.0729. The number of nitro benzene ring substituents is 1. The molecule has 78 valence electrons. The molecule has 1 aromatic carbocycles. The first-order valence-corrected chi connectivity index (χ1v) is 4.17. The predicted molar refractivity (Wildman–Crippen MR) is 53.8 cm³/mol. The highest BCUT2D eigenvalue weighted by molar-refractivity contribution is 6.04. The molecule has 0 bridgehead atoms. The maximum atomic E-state index is 11.3. The molecule has 1 N–H and O–H groups in total. The monoisotopic (exact) mass is 207 g/mol. The molecule has 5 nitrogen and oxygen atoms in total. The SMILES string of the molecule is C/C(O)=C/C(=O)c1ccc([N+](=O)[O-])cc1. The van der Waals surface area contributed by atoms with Crippen molar-refractivity contribution in [3.63, 3.8) is 0 Å². The third-order valence-corrected chi connectivity index (χ3v) is 1.70. The highest BCUT2D eigenvalue weighted by Crippen LogP contribution is 2.12. The number of nitrogens with zero attached hydrogens (tertiary/aromatic N) is 1. The maximum Gasteiger partial charge on any atom is 0.269 e. The van der Waals surface area contributed by atoms with Crippen LogP contribution >= 0.6 is 0 Å². The Kier molecular flexibility index (Phi) is 3.17. The van der Waals surface area contributed by atoms with Gasteiger partial charge in [0, 0.05) is 23.8 Å². The van der Waals surface area contributed by atoms with Gasteiger partial charge in [-0.3, -0.25) is 14.9 Å². The molecule has 15 heavy (non-hydrogen) atoms. The maximum absolute atomic E-state index is 11.3. The average Bonchev–Trinajstić information content (AvgIpc) is 2.17. The highest BCUT2D eigenvalue weighted by atomic mass is 16.6. The second-order valence-corrected chi connectivity index (χ2v) is 2.95. The molecule has 0 aliphatic rings. The van der Waals surface area contributed by atoms with Crippen molar-refractivity contribution < 1.29 is 14.8 Å². The molecule has 0 atom stereocenters. The van der Waals surface area contributed by atoms with Gasteiger partial charge in [0.15, 0.2) is 5.78 Å². The Labute approximate surface area is 85.8 Å². The van der Waals surface area contributed by atoms with Crippen molar-refractivity contribution >= 4 is 11.5 Å². The van der Waals surface area contributed by atoms with E-state index in [2.05, 4.69) is 0 Å². The third kappa shape index (κ3) is 2.91. The van der Waals surface area contributed by atoms with Gasteiger partial charge in [0.1, 0.15) is 0 Å². The molecule has 0 fully saturated rings. The van der Waals surface area contributed by atoms with Gasteiger partial charge in [-0.1, -0.05) is 0 Å². The van der Waals surface area contributed by atoms with Gasteiger partial charge in [-0.05, 0) is 19.1 Å². The fourth-order valence-corrected chi connectivity index (χ4v) is 1.02. The van der Waals surface area contributed by atoms with E-state index in [0.29, 0.717) is 5.56 Å². The largest absolute Gasteiger partial charge is 0.512 e. The smallest absolute Gasteiger partial charge is 0.269 e. The zero-order valence-corrected chi connectivity index (χ0v) is 8.01. The Morgan fingerprint density at radius 3 is 2.33 bits per heavy atom. The number of non-ortho nitro benzene ring substituents is 1. The second-order valence-electron chi connectivity index (χ2n) is 2.95. The fourth-order valence-electron chi connectivity index (χ4n) is 1.02. The van der Waals surface area contributed by atoms with Crippen LogP contribution in [0, 0.1) is 10.1 Å². The van der Waals surface area contributed by atoms with Crippen molar-refractivity contribution in [2.75, 3.05) is 0 Å². The van der Waals surface area contributed by atoms with E-state index < -0.39 is 4.92 Å². The number of hydrogen-bond acceptors (Lipinski definition) is 4. The van der Waals surface area contributed by atoms with Crippen LogP contribution in [0.3, 0.4) is 0 Å². The lowest BCUT2D eigenvalue weighted by atomic mass is 10.1. The van der Waals surface area contributed by atoms with E-state index in [1.165, 1.54) is 31.2 Å². The van der Waals surface area contributed by atoms with E-state index in [9.17, 15) is 14.9 Å². The first-order valence-electron chi connectivity index (χ1n) is 4.17. The summed E-state index contributed by atoms with van der Waals surface area (Å²) >= 11 is 0. The first kappa shape index (κ1) is 10.9. The molecule has 0 aliphatic carbocycles. The third-order valence-electron chi connectivity index (χ3n) is 1.70. The van der Waals surface area contributed by atoms with Crippen molar-refractivity contribution in [1.82, 2.24) is 0 Å². The van der Waals surface area contributed by atoms with E-state index in [-0.39, 0.29) is 17.2 Å². The number of carbonyl (C=O) groups excluding carboxylic acids is 1. The quantitative estimate of drug-likeness (QED) is 0.271. The van der Waals surface area contributed by atoms with E-state index in [4.69, 9.17) is 5.11 Å². The summed E-state index contributed by atoms with van der Waals surface area (Å²) in [5.41, 5.74) is 0.227. The lowest BCUT2D eigenvalue weighted by Gasteiger charge is -1.95. The number of benzene rings is 1. The molecule has 0 unspecified atom stereocenters. The molecule has 5 heteroatoms. The molecule has 0 aromatic heterocycles. The number of nitro groups is 1. The van der Waals surface area contributed by atoms with Crippen LogP contribution in [0.1, 0.15) is 17.3 Å². The van der Waals surface area contributed by atoms with Gasteiger partial charge in [-0.2, -0.15) is 0 Å². The Morgan fingerprint density at radius 2 is 1.93 bits per heavy atom. The molecular weight excluding hydrogens is 198 g/mol. The Bertz CT molecular complexity index is 416. The Morgan fingerprint density at radius 1 is 1.40 bits per heavy atom. The number of allylic oxidation sites excluding steroid dienone is 2. The summed E-state index contributed by atoms with van der Waals surface area (Å²) in [6.07, 6.45) is 1.06. The molecule has 0 amide bonds. The van der Waals surface area contributed by atoms with Crippen LogP contribution in [-0.2, 0) is 0 Å². The van der Waals surface area contributed by atoms with Gasteiger partial charge in [-0.25, -0.2) is 0 Å². The number of ketones is 1. The van der Waals surface area contributed by atoms with E-state index in [1.54, 1.807) is 0 Å². The van der Waals surface area contributed by atoms with E-state index in [0.717, 1.165) is 6.08 Å². The minimum Gasteiger partial charge on any atom is -0.512 e. The van der Waals surface area contributed by atoms with E-state index >= 15 is 0 Å². The summed E-state index contributed by atoms with van der Waals surface area (Å²) in [4.78, 5) is 21.1. The van der Waals surface area contributed by atoms with Crippen LogP contribution < -0.4 is 0 Å². The van der Waals surface area contributed by atoms with Crippen LogP contribution in [0.25, 0.3) is 0 Å². The number of aliphatic hydroxyl groups is 1. The number of hydrogen-bond donors (Lipinski definition) is 1. The van der Waals surface area contributed by atoms with Crippen molar-refractivity contribution in [2.24, 2.45) is 0 Å². The van der Waals surface area contributed by atoms with Crippen molar-refractivity contribution in [3.8, 4) is 0 Å². The van der Waals surface area contributed by atoms with Crippen LogP contribution in [-0.4, -0.2) is 15.8 Å². The number of aliphatic hydroxyl groups excluding tert-OH is 1. The first-order chi connectivity index (χ1) is 7.00. The van der Waals surface area contributed by atoms with Crippen molar-refractivity contribution in [2.45, 2.75) is 6.92 Å². The normalized spacial score (nSPS) is 11.1. The standard InChI is InChI=1S/C10H9NO4/c1-7(12)6-10(13)8-2-4-9(5-3-8)11(14)15/h2-6,12H,1H3/b7-6-. The lowest BCUT2D eigenvalue weighted by Crippen LogP contribution is -1.96. The zero-order chi connectivity index (χ0) is 11.4. The molecule has 1 aromatic rings. The lowest BCUT2D eigenvalue weighted by molar-refractivity contribution is -0.384. The molecule has 0 saturated carbocycles.